The molecule has 2 N–H and O–H groups in total. The smallest absolute Gasteiger partial charge is 0.213 e. The second-order valence-corrected chi connectivity index (χ2v) is 5.44. The van der Waals surface area contributed by atoms with Crippen LogP contribution in [0.15, 0.2) is 23.3 Å². The monoisotopic (exact) mass is 278 g/mol. The molecule has 112 valence electrons. The Hall–Kier alpha value is -1.78. The molecular weight excluding hydrogens is 252 g/mol. The largest absolute Gasteiger partial charge is 0.472 e. The first-order chi connectivity index (χ1) is 9.44. The number of nitrogens with zero attached hydrogens (tertiary/aromatic N) is 2. The van der Waals surface area contributed by atoms with Gasteiger partial charge in [0.1, 0.15) is 5.60 Å². The van der Waals surface area contributed by atoms with Gasteiger partial charge in [0, 0.05) is 25.4 Å². The molecule has 0 atom stereocenters. The van der Waals surface area contributed by atoms with Crippen LogP contribution >= 0.6 is 0 Å². The second kappa shape index (κ2) is 7.72. The fourth-order valence-electron chi connectivity index (χ4n) is 1.56. The van der Waals surface area contributed by atoms with Crippen molar-refractivity contribution in [2.75, 3.05) is 13.1 Å². The van der Waals surface area contributed by atoms with Gasteiger partial charge >= 0.3 is 0 Å². The van der Waals surface area contributed by atoms with E-state index in [1.54, 1.807) is 6.20 Å². The molecule has 0 fully saturated rings. The summed E-state index contributed by atoms with van der Waals surface area (Å²) >= 11 is 0. The molecule has 0 aliphatic heterocycles. The summed E-state index contributed by atoms with van der Waals surface area (Å²) in [6, 6.07) is 3.88. The van der Waals surface area contributed by atoms with Gasteiger partial charge in [-0.3, -0.25) is 0 Å². The van der Waals surface area contributed by atoms with Gasteiger partial charge in [-0.1, -0.05) is 6.07 Å². The fraction of sp³-hybridized carbons (Fsp3) is 0.600. The second-order valence-electron chi connectivity index (χ2n) is 5.44. The zero-order valence-electron chi connectivity index (χ0n) is 13.2. The van der Waals surface area contributed by atoms with Gasteiger partial charge < -0.3 is 15.4 Å². The van der Waals surface area contributed by atoms with Crippen molar-refractivity contribution in [1.82, 2.24) is 15.6 Å². The van der Waals surface area contributed by atoms with Crippen LogP contribution in [0.25, 0.3) is 0 Å². The highest BCUT2D eigenvalue weighted by Gasteiger charge is 2.12. The third kappa shape index (κ3) is 6.41. The Kier molecular flexibility index (Phi) is 6.28. The van der Waals surface area contributed by atoms with Crippen molar-refractivity contribution in [3.05, 3.63) is 23.9 Å². The van der Waals surface area contributed by atoms with Crippen molar-refractivity contribution in [3.8, 4) is 5.88 Å². The van der Waals surface area contributed by atoms with Crippen molar-refractivity contribution in [2.24, 2.45) is 4.99 Å². The lowest BCUT2D eigenvalue weighted by Crippen LogP contribution is -2.36. The normalized spacial score (nSPS) is 10.8. The number of guanidine groups is 1. The number of ether oxygens (including phenoxy) is 1. The van der Waals surface area contributed by atoms with E-state index in [1.165, 1.54) is 0 Å². The van der Waals surface area contributed by atoms with Gasteiger partial charge in [-0.05, 0) is 40.2 Å². The minimum Gasteiger partial charge on any atom is -0.472 e. The average molecular weight is 278 g/mol. The summed E-state index contributed by atoms with van der Waals surface area (Å²) in [7, 11) is 0. The first-order valence-corrected chi connectivity index (χ1v) is 7.10. The Morgan fingerprint density at radius 2 is 1.85 bits per heavy atom. The summed E-state index contributed by atoms with van der Waals surface area (Å²) in [4.78, 5) is 8.79. The topological polar surface area (TPSA) is 58.5 Å². The SMILES string of the molecule is CCNC(=NCc1ccc(OC(C)(C)C)nc1)NCC. The van der Waals surface area contributed by atoms with Gasteiger partial charge in [0.15, 0.2) is 5.96 Å². The number of hydrogen-bond acceptors (Lipinski definition) is 3. The highest BCUT2D eigenvalue weighted by atomic mass is 16.5. The minimum atomic E-state index is -0.226. The molecule has 1 heterocycles. The van der Waals surface area contributed by atoms with Crippen LogP contribution in [-0.4, -0.2) is 29.6 Å². The summed E-state index contributed by atoms with van der Waals surface area (Å²) in [5.74, 6) is 1.47. The maximum Gasteiger partial charge on any atom is 0.213 e. The summed E-state index contributed by atoms with van der Waals surface area (Å²) in [6.07, 6.45) is 1.81. The molecule has 0 saturated carbocycles. The molecule has 0 saturated heterocycles. The molecular formula is C15H26N4O. The maximum atomic E-state index is 5.69. The summed E-state index contributed by atoms with van der Waals surface area (Å²) in [5.41, 5.74) is 0.829. The number of pyridine rings is 1. The predicted octanol–water partition coefficient (Wildman–Crippen LogP) is 2.33. The van der Waals surface area contributed by atoms with Crippen LogP contribution in [-0.2, 0) is 6.54 Å². The molecule has 1 aromatic rings. The van der Waals surface area contributed by atoms with Crippen molar-refractivity contribution in [3.63, 3.8) is 0 Å². The molecule has 0 aliphatic rings. The van der Waals surface area contributed by atoms with E-state index in [1.807, 2.05) is 46.8 Å². The van der Waals surface area contributed by atoms with E-state index in [0.29, 0.717) is 12.4 Å². The van der Waals surface area contributed by atoms with Crippen LogP contribution in [0, 0.1) is 0 Å². The molecule has 0 radical (unpaired) electrons. The Morgan fingerprint density at radius 3 is 2.30 bits per heavy atom. The number of rotatable bonds is 5. The standard InChI is InChI=1S/C15H26N4O/c1-6-16-14(17-7-2)19-11-12-8-9-13(18-10-12)20-15(3,4)5/h8-10H,6-7,11H2,1-5H3,(H2,16,17,19). The van der Waals surface area contributed by atoms with Crippen LogP contribution < -0.4 is 15.4 Å². The highest BCUT2D eigenvalue weighted by Crippen LogP contribution is 2.15. The minimum absolute atomic E-state index is 0.226. The summed E-state index contributed by atoms with van der Waals surface area (Å²) in [5, 5.41) is 6.38. The molecule has 0 aliphatic carbocycles. The third-order valence-electron chi connectivity index (χ3n) is 2.32. The van der Waals surface area contributed by atoms with Crippen molar-refractivity contribution < 1.29 is 4.74 Å². The van der Waals surface area contributed by atoms with E-state index in [-0.39, 0.29) is 5.60 Å². The molecule has 0 spiro atoms. The van der Waals surface area contributed by atoms with Gasteiger partial charge in [0.2, 0.25) is 5.88 Å². The lowest BCUT2D eigenvalue weighted by Gasteiger charge is -2.20. The Balaban J connectivity index is 2.62. The molecule has 0 bridgehead atoms. The molecule has 0 amide bonds. The first-order valence-electron chi connectivity index (χ1n) is 7.10. The Bertz CT molecular complexity index is 412. The molecule has 1 aromatic heterocycles. The molecule has 5 heteroatoms. The fourth-order valence-corrected chi connectivity index (χ4v) is 1.56. The third-order valence-corrected chi connectivity index (χ3v) is 2.32. The van der Waals surface area contributed by atoms with E-state index < -0.39 is 0 Å². The predicted molar refractivity (Wildman–Crippen MR) is 83.1 cm³/mol. The number of aromatic nitrogens is 1. The van der Waals surface area contributed by atoms with Gasteiger partial charge in [-0.25, -0.2) is 9.98 Å². The van der Waals surface area contributed by atoms with E-state index in [9.17, 15) is 0 Å². The lowest BCUT2D eigenvalue weighted by atomic mass is 10.2. The van der Waals surface area contributed by atoms with E-state index >= 15 is 0 Å². The maximum absolute atomic E-state index is 5.69. The zero-order valence-corrected chi connectivity index (χ0v) is 13.2. The Labute approximate surface area is 121 Å². The molecule has 0 unspecified atom stereocenters. The van der Waals surface area contributed by atoms with Crippen LogP contribution in [0.3, 0.4) is 0 Å². The van der Waals surface area contributed by atoms with Gasteiger partial charge in [-0.2, -0.15) is 0 Å². The van der Waals surface area contributed by atoms with Crippen LogP contribution in [0.2, 0.25) is 0 Å². The van der Waals surface area contributed by atoms with Crippen LogP contribution in [0.4, 0.5) is 0 Å². The van der Waals surface area contributed by atoms with Gasteiger partial charge in [-0.15, -0.1) is 0 Å². The molecule has 20 heavy (non-hydrogen) atoms. The molecule has 1 rings (SSSR count). The van der Waals surface area contributed by atoms with Crippen molar-refractivity contribution in [1.29, 1.82) is 0 Å². The van der Waals surface area contributed by atoms with Gasteiger partial charge in [0.25, 0.3) is 0 Å². The first kappa shape index (κ1) is 16.3. The number of hydrogen-bond donors (Lipinski definition) is 2. The molecule has 0 aromatic carbocycles. The van der Waals surface area contributed by atoms with Crippen LogP contribution in [0.5, 0.6) is 5.88 Å². The van der Waals surface area contributed by atoms with Crippen molar-refractivity contribution in [2.45, 2.75) is 46.8 Å². The van der Waals surface area contributed by atoms with Crippen LogP contribution in [0.1, 0.15) is 40.2 Å². The lowest BCUT2D eigenvalue weighted by molar-refractivity contribution is 0.124. The number of nitrogens with one attached hydrogen (secondary N) is 2. The zero-order chi connectivity index (χ0) is 15.0. The summed E-state index contributed by atoms with van der Waals surface area (Å²) in [6.45, 7) is 12.4. The van der Waals surface area contributed by atoms with Gasteiger partial charge in [0.05, 0.1) is 6.54 Å². The highest BCUT2D eigenvalue weighted by molar-refractivity contribution is 5.79. The van der Waals surface area contributed by atoms with E-state index in [0.717, 1.165) is 24.6 Å². The van der Waals surface area contributed by atoms with Crippen molar-refractivity contribution >= 4 is 5.96 Å². The Morgan fingerprint density at radius 1 is 1.20 bits per heavy atom. The average Bonchev–Trinajstić information content (AvgIpc) is 2.36. The van der Waals surface area contributed by atoms with E-state index in [4.69, 9.17) is 4.74 Å². The number of aliphatic imine (C=N–C) groups is 1. The quantitative estimate of drug-likeness (QED) is 0.641. The molecule has 5 nitrogen and oxygen atoms in total. The van der Waals surface area contributed by atoms with E-state index in [2.05, 4.69) is 20.6 Å². The summed E-state index contributed by atoms with van der Waals surface area (Å²) < 4.78 is 5.69.